The second kappa shape index (κ2) is 11.0. The minimum Gasteiger partial charge on any atom is -0.333 e. The standard InChI is InChI=1S/C16H19N3O.2ClH/c17-10-6-12-19(13-14-7-2-1-3-8-14)16(20)15-9-4-5-11-18-15;;/h1-5,7-9,11H,6,10,12-13,17H2;2*1H. The molecule has 2 N–H and O–H groups in total. The van der Waals surface area contributed by atoms with Gasteiger partial charge in [0.2, 0.25) is 0 Å². The van der Waals surface area contributed by atoms with E-state index in [1.165, 1.54) is 0 Å². The van der Waals surface area contributed by atoms with Gasteiger partial charge in [-0.2, -0.15) is 0 Å². The normalized spacial score (nSPS) is 9.32. The van der Waals surface area contributed by atoms with E-state index in [0.29, 0.717) is 25.3 Å². The molecule has 0 bridgehead atoms. The van der Waals surface area contributed by atoms with Crippen LogP contribution in [0.3, 0.4) is 0 Å². The summed E-state index contributed by atoms with van der Waals surface area (Å²) < 4.78 is 0. The zero-order valence-electron chi connectivity index (χ0n) is 12.2. The minimum absolute atomic E-state index is 0. The fourth-order valence-corrected chi connectivity index (χ4v) is 1.99. The maximum absolute atomic E-state index is 12.5. The molecule has 1 aromatic carbocycles. The van der Waals surface area contributed by atoms with Gasteiger partial charge < -0.3 is 10.6 Å². The van der Waals surface area contributed by atoms with Gasteiger partial charge in [0.05, 0.1) is 0 Å². The number of aromatic nitrogens is 1. The summed E-state index contributed by atoms with van der Waals surface area (Å²) in [4.78, 5) is 18.4. The average molecular weight is 342 g/mol. The predicted molar refractivity (Wildman–Crippen MR) is 93.6 cm³/mol. The molecular weight excluding hydrogens is 321 g/mol. The minimum atomic E-state index is -0.0529. The maximum atomic E-state index is 12.5. The highest BCUT2D eigenvalue weighted by atomic mass is 35.5. The number of hydrogen-bond donors (Lipinski definition) is 1. The Morgan fingerprint density at radius 3 is 2.32 bits per heavy atom. The van der Waals surface area contributed by atoms with Crippen LogP contribution in [0.1, 0.15) is 22.5 Å². The van der Waals surface area contributed by atoms with E-state index in [4.69, 9.17) is 5.73 Å². The van der Waals surface area contributed by atoms with Crippen molar-refractivity contribution in [1.82, 2.24) is 9.88 Å². The zero-order valence-corrected chi connectivity index (χ0v) is 13.9. The third kappa shape index (κ3) is 6.02. The number of carbonyl (C=O) groups excluding carboxylic acids is 1. The smallest absolute Gasteiger partial charge is 0.272 e. The molecule has 2 aromatic rings. The van der Waals surface area contributed by atoms with Crippen LogP contribution in [0.2, 0.25) is 0 Å². The van der Waals surface area contributed by atoms with Gasteiger partial charge in [0.1, 0.15) is 5.69 Å². The number of carbonyl (C=O) groups is 1. The molecule has 22 heavy (non-hydrogen) atoms. The van der Waals surface area contributed by atoms with Crippen LogP contribution in [0.25, 0.3) is 0 Å². The number of halogens is 2. The quantitative estimate of drug-likeness (QED) is 0.878. The van der Waals surface area contributed by atoms with E-state index in [-0.39, 0.29) is 30.7 Å². The lowest BCUT2D eigenvalue weighted by atomic mass is 10.2. The predicted octanol–water partition coefficient (Wildman–Crippen LogP) is 2.92. The molecule has 0 spiro atoms. The summed E-state index contributed by atoms with van der Waals surface area (Å²) in [6.07, 6.45) is 2.42. The number of amides is 1. The molecule has 0 saturated heterocycles. The van der Waals surface area contributed by atoms with Crippen molar-refractivity contribution in [2.24, 2.45) is 5.73 Å². The molecule has 1 heterocycles. The molecule has 4 nitrogen and oxygen atoms in total. The van der Waals surface area contributed by atoms with Crippen molar-refractivity contribution in [3.05, 3.63) is 66.0 Å². The van der Waals surface area contributed by atoms with Crippen molar-refractivity contribution in [1.29, 1.82) is 0 Å². The molecule has 0 saturated carbocycles. The highest BCUT2D eigenvalue weighted by Crippen LogP contribution is 2.09. The Morgan fingerprint density at radius 1 is 1.05 bits per heavy atom. The molecule has 0 aliphatic carbocycles. The van der Waals surface area contributed by atoms with Crippen LogP contribution in [-0.2, 0) is 6.54 Å². The Hall–Kier alpha value is -1.62. The molecule has 1 amide bonds. The summed E-state index contributed by atoms with van der Waals surface area (Å²) >= 11 is 0. The number of benzene rings is 1. The number of rotatable bonds is 6. The van der Waals surface area contributed by atoms with E-state index < -0.39 is 0 Å². The van der Waals surface area contributed by atoms with Crippen molar-refractivity contribution >= 4 is 30.7 Å². The van der Waals surface area contributed by atoms with E-state index in [1.807, 2.05) is 36.4 Å². The van der Waals surface area contributed by atoms with Gasteiger partial charge in [-0.25, -0.2) is 0 Å². The van der Waals surface area contributed by atoms with Crippen LogP contribution in [0.4, 0.5) is 0 Å². The Bertz CT molecular complexity index is 538. The van der Waals surface area contributed by atoms with Crippen molar-refractivity contribution in [3.63, 3.8) is 0 Å². The fourth-order valence-electron chi connectivity index (χ4n) is 1.99. The number of hydrogen-bond acceptors (Lipinski definition) is 3. The van der Waals surface area contributed by atoms with Gasteiger partial charge in [0, 0.05) is 19.3 Å². The van der Waals surface area contributed by atoms with Crippen LogP contribution < -0.4 is 5.73 Å². The van der Waals surface area contributed by atoms with E-state index in [9.17, 15) is 4.79 Å². The van der Waals surface area contributed by atoms with Gasteiger partial charge in [-0.1, -0.05) is 36.4 Å². The van der Waals surface area contributed by atoms with Gasteiger partial charge in [-0.05, 0) is 30.7 Å². The van der Waals surface area contributed by atoms with E-state index in [2.05, 4.69) is 4.98 Å². The number of nitrogens with zero attached hydrogens (tertiary/aromatic N) is 2. The highest BCUT2D eigenvalue weighted by Gasteiger charge is 2.16. The Morgan fingerprint density at radius 2 is 1.73 bits per heavy atom. The van der Waals surface area contributed by atoms with Crippen LogP contribution in [-0.4, -0.2) is 28.9 Å². The number of nitrogens with two attached hydrogens (primary N) is 1. The number of pyridine rings is 1. The first kappa shape index (κ1) is 20.4. The first-order valence-electron chi connectivity index (χ1n) is 6.75. The third-order valence-electron chi connectivity index (χ3n) is 3.02. The van der Waals surface area contributed by atoms with Gasteiger partial charge in [-0.3, -0.25) is 9.78 Å². The van der Waals surface area contributed by atoms with Crippen molar-refractivity contribution in [2.45, 2.75) is 13.0 Å². The van der Waals surface area contributed by atoms with Crippen molar-refractivity contribution < 1.29 is 4.79 Å². The molecule has 2 rings (SSSR count). The lowest BCUT2D eigenvalue weighted by Gasteiger charge is -2.22. The maximum Gasteiger partial charge on any atom is 0.272 e. The van der Waals surface area contributed by atoms with Crippen LogP contribution >= 0.6 is 24.8 Å². The molecule has 6 heteroatoms. The summed E-state index contributed by atoms with van der Waals surface area (Å²) in [7, 11) is 0. The molecule has 0 atom stereocenters. The summed E-state index contributed by atoms with van der Waals surface area (Å²) in [6.45, 7) is 1.79. The SMILES string of the molecule is Cl.Cl.NCCCN(Cc1ccccc1)C(=O)c1ccccn1. The Balaban J connectivity index is 0.00000220. The van der Waals surface area contributed by atoms with Crippen molar-refractivity contribution in [2.75, 3.05) is 13.1 Å². The van der Waals surface area contributed by atoms with Gasteiger partial charge in [-0.15, -0.1) is 24.8 Å². The van der Waals surface area contributed by atoms with Crippen LogP contribution in [0, 0.1) is 0 Å². The van der Waals surface area contributed by atoms with Crippen LogP contribution in [0.5, 0.6) is 0 Å². The van der Waals surface area contributed by atoms with Crippen molar-refractivity contribution in [3.8, 4) is 0 Å². The third-order valence-corrected chi connectivity index (χ3v) is 3.02. The van der Waals surface area contributed by atoms with Gasteiger partial charge in [0.15, 0.2) is 0 Å². The molecule has 0 aliphatic heterocycles. The van der Waals surface area contributed by atoms with Gasteiger partial charge in [0.25, 0.3) is 5.91 Å². The molecule has 0 fully saturated rings. The molecular formula is C16H21Cl2N3O. The van der Waals surface area contributed by atoms with E-state index in [0.717, 1.165) is 12.0 Å². The summed E-state index contributed by atoms with van der Waals surface area (Å²) in [6, 6.07) is 15.3. The van der Waals surface area contributed by atoms with Gasteiger partial charge >= 0.3 is 0 Å². The second-order valence-corrected chi connectivity index (χ2v) is 4.57. The Kier molecular flexibility index (Phi) is 10.2. The highest BCUT2D eigenvalue weighted by molar-refractivity contribution is 5.92. The zero-order chi connectivity index (χ0) is 14.2. The van der Waals surface area contributed by atoms with E-state index in [1.54, 1.807) is 23.2 Å². The molecule has 0 unspecified atom stereocenters. The average Bonchev–Trinajstić information content (AvgIpc) is 2.52. The summed E-state index contributed by atoms with van der Waals surface area (Å²) in [5.74, 6) is -0.0529. The molecule has 0 aliphatic rings. The Labute approximate surface area is 143 Å². The second-order valence-electron chi connectivity index (χ2n) is 4.57. The molecule has 1 aromatic heterocycles. The molecule has 0 radical (unpaired) electrons. The largest absolute Gasteiger partial charge is 0.333 e. The van der Waals surface area contributed by atoms with Crippen LogP contribution in [0.15, 0.2) is 54.7 Å². The topological polar surface area (TPSA) is 59.2 Å². The summed E-state index contributed by atoms with van der Waals surface area (Å²) in [5, 5.41) is 0. The monoisotopic (exact) mass is 341 g/mol. The first-order valence-corrected chi connectivity index (χ1v) is 6.75. The van der Waals surface area contributed by atoms with E-state index >= 15 is 0 Å². The first-order chi connectivity index (χ1) is 9.81. The lowest BCUT2D eigenvalue weighted by molar-refractivity contribution is 0.0736. The fraction of sp³-hybridized carbons (Fsp3) is 0.250. The molecule has 120 valence electrons. The summed E-state index contributed by atoms with van der Waals surface area (Å²) in [5.41, 5.74) is 7.13. The lowest BCUT2D eigenvalue weighted by Crippen LogP contribution is -2.33.